The van der Waals surface area contributed by atoms with Crippen LogP contribution in [0.25, 0.3) is 0 Å². The fourth-order valence-electron chi connectivity index (χ4n) is 0.195. The van der Waals surface area contributed by atoms with Crippen LogP contribution in [0.3, 0.4) is 0 Å². The van der Waals surface area contributed by atoms with Crippen LogP contribution < -0.4 is 10.6 Å². The van der Waals surface area contributed by atoms with Crippen LogP contribution in [0.2, 0.25) is 0 Å². The number of rotatable bonds is 2. The van der Waals surface area contributed by atoms with Gasteiger partial charge >= 0.3 is 8.25 Å². The first-order chi connectivity index (χ1) is 5.86. The second kappa shape index (κ2) is 10.6. The molecule has 5 nitrogen and oxygen atoms in total. The van der Waals surface area contributed by atoms with Gasteiger partial charge in [0.2, 0.25) is 0 Å². The van der Waals surface area contributed by atoms with Gasteiger partial charge in [0.1, 0.15) is 8.64 Å². The average molecular weight is 279 g/mol. The lowest BCUT2D eigenvalue weighted by atomic mass is 11.0. The van der Waals surface area contributed by atoms with Gasteiger partial charge in [0.15, 0.2) is 0 Å². The Hall–Kier alpha value is 0.500. The molecular weight excluding hydrogens is 271 g/mol. The van der Waals surface area contributed by atoms with Crippen LogP contribution >= 0.6 is 57.9 Å². The highest BCUT2D eigenvalue weighted by Crippen LogP contribution is 1.98. The maximum atomic E-state index is 8.70. The molecule has 0 spiro atoms. The quantitative estimate of drug-likeness (QED) is 0.186. The van der Waals surface area contributed by atoms with Crippen molar-refractivity contribution in [2.75, 3.05) is 6.67 Å². The third kappa shape index (κ3) is 32.6. The van der Waals surface area contributed by atoms with Crippen molar-refractivity contribution in [3.63, 3.8) is 0 Å². The zero-order valence-electron chi connectivity index (χ0n) is 6.17. The minimum absolute atomic E-state index is 0.437. The molecule has 0 fully saturated rings. The predicted molar refractivity (Wildman–Crippen MR) is 66.4 cm³/mol. The molecule has 0 atom stereocenters. The van der Waals surface area contributed by atoms with Gasteiger partial charge < -0.3 is 10.6 Å². The fourth-order valence-corrected chi connectivity index (χ4v) is 0.498. The van der Waals surface area contributed by atoms with E-state index in [9.17, 15) is 0 Å². The standard InChI is InChI=1S/C3H6N2S4.HO3P/c6-2(7)4-1-5-3(8)9;1-4(2)3/h1H2,(H2,4,6,7)(H2,5,8,9);(H-,1,2,3)/p+1. The fraction of sp³-hybridized carbons (Fsp3) is 0.333. The van der Waals surface area contributed by atoms with Gasteiger partial charge in [-0.2, -0.15) is 0 Å². The van der Waals surface area contributed by atoms with Crippen LogP contribution in [-0.4, -0.2) is 25.1 Å². The molecule has 4 N–H and O–H groups in total. The highest BCUT2D eigenvalue weighted by atomic mass is 32.1. The molecule has 0 aromatic rings. The Morgan fingerprint density at radius 2 is 1.46 bits per heavy atom. The van der Waals surface area contributed by atoms with E-state index in [0.29, 0.717) is 15.3 Å². The van der Waals surface area contributed by atoms with Gasteiger partial charge in [0.05, 0.1) is 6.67 Å². The van der Waals surface area contributed by atoms with Crippen molar-refractivity contribution in [3.8, 4) is 0 Å². The summed E-state index contributed by atoms with van der Waals surface area (Å²) in [6.07, 6.45) is 0. The molecule has 0 aliphatic rings. The summed E-state index contributed by atoms with van der Waals surface area (Å²) in [6.45, 7) is 0.477. The summed E-state index contributed by atoms with van der Waals surface area (Å²) in [5.74, 6) is 0. The summed E-state index contributed by atoms with van der Waals surface area (Å²) in [6, 6.07) is 0. The summed E-state index contributed by atoms with van der Waals surface area (Å²) >= 11 is 16.8. The molecule has 0 unspecified atom stereocenters. The molecule has 0 aliphatic heterocycles. The SMILES string of the molecule is O=[P+](O)O.S=C(S)NCNC(=S)S. The zero-order valence-corrected chi connectivity index (χ0v) is 10.5. The Morgan fingerprint density at radius 1 is 1.23 bits per heavy atom. The van der Waals surface area contributed by atoms with Gasteiger partial charge in [-0.25, -0.2) is 0 Å². The summed E-state index contributed by atoms with van der Waals surface area (Å²) < 4.78 is 9.58. The lowest BCUT2D eigenvalue weighted by Gasteiger charge is -2.02. The first-order valence-electron chi connectivity index (χ1n) is 2.65. The minimum atomic E-state index is -2.87. The Balaban J connectivity index is 0. The van der Waals surface area contributed by atoms with Crippen LogP contribution in [0, 0.1) is 0 Å². The molecule has 0 bridgehead atoms. The lowest BCUT2D eigenvalue weighted by Crippen LogP contribution is -2.31. The smallest absolute Gasteiger partial charge is 0.354 e. The van der Waals surface area contributed by atoms with E-state index < -0.39 is 8.25 Å². The third-order valence-electron chi connectivity index (χ3n) is 0.479. The van der Waals surface area contributed by atoms with Crippen LogP contribution in [0.5, 0.6) is 0 Å². The molecule has 0 aromatic heterocycles. The van der Waals surface area contributed by atoms with Crippen molar-refractivity contribution >= 4 is 66.6 Å². The normalized spacial score (nSPS) is 7.69. The third-order valence-corrected chi connectivity index (χ3v) is 1.08. The summed E-state index contributed by atoms with van der Waals surface area (Å²) in [7, 11) is -2.87. The van der Waals surface area contributed by atoms with Gasteiger partial charge in [-0.05, 0) is 0 Å². The Morgan fingerprint density at radius 3 is 1.62 bits per heavy atom. The first-order valence-corrected chi connectivity index (χ1v) is 5.52. The maximum Gasteiger partial charge on any atom is 0.692 e. The minimum Gasteiger partial charge on any atom is -0.354 e. The van der Waals surface area contributed by atoms with Crippen molar-refractivity contribution in [1.29, 1.82) is 0 Å². The molecule has 0 amide bonds. The first kappa shape index (κ1) is 15.9. The van der Waals surface area contributed by atoms with Crippen LogP contribution in [0.15, 0.2) is 0 Å². The molecular formula is C3H8N2O3PS4+. The van der Waals surface area contributed by atoms with E-state index in [4.69, 9.17) is 14.4 Å². The van der Waals surface area contributed by atoms with E-state index in [1.54, 1.807) is 0 Å². The molecule has 10 heteroatoms. The molecule has 13 heavy (non-hydrogen) atoms. The van der Waals surface area contributed by atoms with Gasteiger partial charge in [0.25, 0.3) is 0 Å². The Kier molecular flexibility index (Phi) is 13.0. The van der Waals surface area contributed by atoms with Gasteiger partial charge in [-0.15, -0.1) is 35.0 Å². The summed E-state index contributed by atoms with van der Waals surface area (Å²) in [5.41, 5.74) is 0. The number of thiocarbonyl (C=S) groups is 2. The van der Waals surface area contributed by atoms with E-state index in [0.717, 1.165) is 0 Å². The maximum absolute atomic E-state index is 8.70. The number of nitrogens with one attached hydrogen (secondary N) is 2. The van der Waals surface area contributed by atoms with Crippen molar-refractivity contribution in [1.82, 2.24) is 10.6 Å². The average Bonchev–Trinajstić information content (AvgIpc) is 1.83. The monoisotopic (exact) mass is 279 g/mol. The van der Waals surface area contributed by atoms with Crippen molar-refractivity contribution in [2.45, 2.75) is 0 Å². The van der Waals surface area contributed by atoms with Crippen LogP contribution in [0.1, 0.15) is 0 Å². The topological polar surface area (TPSA) is 81.6 Å². The van der Waals surface area contributed by atoms with E-state index in [1.165, 1.54) is 0 Å². The second-order valence-corrected chi connectivity index (χ2v) is 4.21. The molecule has 0 rings (SSSR count). The van der Waals surface area contributed by atoms with Crippen molar-refractivity contribution in [2.24, 2.45) is 0 Å². The zero-order chi connectivity index (χ0) is 10.9. The van der Waals surface area contributed by atoms with Crippen LogP contribution in [0.4, 0.5) is 0 Å². The van der Waals surface area contributed by atoms with E-state index in [2.05, 4.69) is 60.3 Å². The van der Waals surface area contributed by atoms with Crippen molar-refractivity contribution < 1.29 is 14.4 Å². The largest absolute Gasteiger partial charge is 0.692 e. The number of thiol groups is 2. The van der Waals surface area contributed by atoms with Crippen LogP contribution in [-0.2, 0) is 4.57 Å². The molecule has 0 saturated heterocycles. The molecule has 0 radical (unpaired) electrons. The molecule has 0 saturated carbocycles. The van der Waals surface area contributed by atoms with Crippen molar-refractivity contribution in [3.05, 3.63) is 0 Å². The summed E-state index contributed by atoms with van der Waals surface area (Å²) in [5, 5.41) is 5.45. The van der Waals surface area contributed by atoms with Gasteiger partial charge in [0, 0.05) is 4.57 Å². The Labute approximate surface area is 98.1 Å². The number of hydrogen-bond acceptors (Lipinski definition) is 3. The highest BCUT2D eigenvalue weighted by molar-refractivity contribution is 8.11. The molecule has 76 valence electrons. The van der Waals surface area contributed by atoms with E-state index in [1.807, 2.05) is 0 Å². The van der Waals surface area contributed by atoms with E-state index in [-0.39, 0.29) is 0 Å². The second-order valence-electron chi connectivity index (χ2n) is 1.39. The summed E-state index contributed by atoms with van der Waals surface area (Å²) in [4.78, 5) is 14.2. The number of hydrogen-bond donors (Lipinski definition) is 6. The Bertz CT molecular complexity index is 183. The van der Waals surface area contributed by atoms with Gasteiger partial charge in [-0.3, -0.25) is 0 Å². The molecule has 0 heterocycles. The highest BCUT2D eigenvalue weighted by Gasteiger charge is 1.93. The van der Waals surface area contributed by atoms with Gasteiger partial charge in [-0.1, -0.05) is 24.4 Å². The van der Waals surface area contributed by atoms with E-state index >= 15 is 0 Å². The lowest BCUT2D eigenvalue weighted by molar-refractivity contribution is 0.405. The molecule has 0 aromatic carbocycles. The molecule has 0 aliphatic carbocycles. The predicted octanol–water partition coefficient (Wildman–Crippen LogP) is 0.181.